The second kappa shape index (κ2) is 9.19. The van der Waals surface area contributed by atoms with Crippen LogP contribution in [0.3, 0.4) is 0 Å². The standard InChI is InChI=1S/C15H32N2O3/c1-14(2,11-18)7-5-9-16-13(20)17-10-6-8-15(3,4)12-19/h18-19H,5-12H2,1-4H3,(H2,16,17,20). The molecular formula is C15H32N2O3. The third-order valence-corrected chi connectivity index (χ3v) is 3.49. The van der Waals surface area contributed by atoms with Gasteiger partial charge in [0.05, 0.1) is 0 Å². The van der Waals surface area contributed by atoms with E-state index in [0.29, 0.717) is 13.1 Å². The maximum Gasteiger partial charge on any atom is 0.314 e. The third kappa shape index (κ3) is 10.0. The molecule has 0 spiro atoms. The molecule has 0 aromatic carbocycles. The zero-order valence-corrected chi connectivity index (χ0v) is 13.5. The van der Waals surface area contributed by atoms with E-state index >= 15 is 0 Å². The van der Waals surface area contributed by atoms with Crippen LogP contribution >= 0.6 is 0 Å². The van der Waals surface area contributed by atoms with Gasteiger partial charge in [-0.3, -0.25) is 0 Å². The van der Waals surface area contributed by atoms with Crippen LogP contribution in [0.1, 0.15) is 53.4 Å². The first-order valence-electron chi connectivity index (χ1n) is 7.46. The maximum atomic E-state index is 11.5. The van der Waals surface area contributed by atoms with Crippen LogP contribution in [0, 0.1) is 10.8 Å². The highest BCUT2D eigenvalue weighted by molar-refractivity contribution is 5.73. The number of urea groups is 1. The van der Waals surface area contributed by atoms with Crippen LogP contribution in [0.25, 0.3) is 0 Å². The Morgan fingerprint density at radius 3 is 1.50 bits per heavy atom. The van der Waals surface area contributed by atoms with Gasteiger partial charge in [-0.1, -0.05) is 27.7 Å². The molecule has 0 aromatic heterocycles. The molecule has 2 amide bonds. The predicted molar refractivity (Wildman–Crippen MR) is 81.6 cm³/mol. The molecule has 0 unspecified atom stereocenters. The summed E-state index contributed by atoms with van der Waals surface area (Å²) < 4.78 is 0. The Morgan fingerprint density at radius 2 is 1.20 bits per heavy atom. The Balaban J connectivity index is 3.56. The van der Waals surface area contributed by atoms with E-state index in [0.717, 1.165) is 25.7 Å². The molecular weight excluding hydrogens is 256 g/mol. The number of aliphatic hydroxyl groups excluding tert-OH is 2. The molecule has 0 atom stereocenters. The number of carbonyl (C=O) groups is 1. The SMILES string of the molecule is CC(C)(CO)CCCNC(=O)NCCCC(C)(C)CO. The Hall–Kier alpha value is -0.810. The first kappa shape index (κ1) is 19.2. The summed E-state index contributed by atoms with van der Waals surface area (Å²) in [6.07, 6.45) is 3.49. The number of aliphatic hydroxyl groups is 2. The van der Waals surface area contributed by atoms with Crippen molar-refractivity contribution < 1.29 is 15.0 Å². The summed E-state index contributed by atoms with van der Waals surface area (Å²) in [5.41, 5.74) is -0.151. The van der Waals surface area contributed by atoms with Gasteiger partial charge in [-0.05, 0) is 36.5 Å². The molecule has 4 N–H and O–H groups in total. The summed E-state index contributed by atoms with van der Waals surface area (Å²) >= 11 is 0. The molecule has 0 bridgehead atoms. The highest BCUT2D eigenvalue weighted by atomic mass is 16.3. The minimum Gasteiger partial charge on any atom is -0.396 e. The molecule has 5 heteroatoms. The van der Waals surface area contributed by atoms with E-state index in [-0.39, 0.29) is 30.1 Å². The molecule has 0 aromatic rings. The van der Waals surface area contributed by atoms with Gasteiger partial charge in [-0.15, -0.1) is 0 Å². The lowest BCUT2D eigenvalue weighted by Crippen LogP contribution is -2.37. The molecule has 5 nitrogen and oxygen atoms in total. The van der Waals surface area contributed by atoms with Gasteiger partial charge in [0.1, 0.15) is 0 Å². The van der Waals surface area contributed by atoms with Crippen LogP contribution < -0.4 is 10.6 Å². The Bertz CT molecular complexity index is 252. The summed E-state index contributed by atoms with van der Waals surface area (Å²) in [5, 5.41) is 23.8. The monoisotopic (exact) mass is 288 g/mol. The van der Waals surface area contributed by atoms with Gasteiger partial charge in [0.15, 0.2) is 0 Å². The molecule has 0 saturated carbocycles. The summed E-state index contributed by atoms with van der Waals surface area (Å²) in [5.74, 6) is 0. The molecule has 0 fully saturated rings. The van der Waals surface area contributed by atoms with Crippen molar-refractivity contribution in [3.05, 3.63) is 0 Å². The van der Waals surface area contributed by atoms with Gasteiger partial charge < -0.3 is 20.8 Å². The minimum atomic E-state index is -0.145. The van der Waals surface area contributed by atoms with Crippen LogP contribution in [-0.4, -0.2) is 42.5 Å². The van der Waals surface area contributed by atoms with Crippen molar-refractivity contribution in [2.24, 2.45) is 10.8 Å². The molecule has 0 radical (unpaired) electrons. The molecule has 20 heavy (non-hydrogen) atoms. The van der Waals surface area contributed by atoms with Crippen molar-refractivity contribution >= 4 is 6.03 Å². The second-order valence-corrected chi connectivity index (χ2v) is 7.03. The largest absolute Gasteiger partial charge is 0.396 e. The molecule has 120 valence electrons. The van der Waals surface area contributed by atoms with Gasteiger partial charge in [-0.2, -0.15) is 0 Å². The summed E-state index contributed by atoms with van der Waals surface area (Å²) in [6, 6.07) is -0.145. The minimum absolute atomic E-state index is 0.0754. The number of rotatable bonds is 10. The van der Waals surface area contributed by atoms with Crippen LogP contribution in [0.5, 0.6) is 0 Å². The van der Waals surface area contributed by atoms with E-state index in [4.69, 9.17) is 10.2 Å². The number of hydrogen-bond donors (Lipinski definition) is 4. The Labute approximate surface area is 123 Å². The van der Waals surface area contributed by atoms with Crippen LogP contribution in [0.15, 0.2) is 0 Å². The third-order valence-electron chi connectivity index (χ3n) is 3.49. The van der Waals surface area contributed by atoms with Gasteiger partial charge in [0.2, 0.25) is 0 Å². The zero-order valence-electron chi connectivity index (χ0n) is 13.5. The quantitative estimate of drug-likeness (QED) is 0.463. The first-order valence-corrected chi connectivity index (χ1v) is 7.46. The van der Waals surface area contributed by atoms with E-state index in [1.807, 2.05) is 27.7 Å². The van der Waals surface area contributed by atoms with Crippen molar-refractivity contribution in [3.63, 3.8) is 0 Å². The van der Waals surface area contributed by atoms with Crippen molar-refractivity contribution in [3.8, 4) is 0 Å². The lowest BCUT2D eigenvalue weighted by Gasteiger charge is -2.21. The van der Waals surface area contributed by atoms with Crippen molar-refractivity contribution in [1.29, 1.82) is 0 Å². The average molecular weight is 288 g/mol. The fourth-order valence-electron chi connectivity index (χ4n) is 1.76. The lowest BCUT2D eigenvalue weighted by atomic mass is 9.89. The predicted octanol–water partition coefficient (Wildman–Crippen LogP) is 1.88. The fourth-order valence-corrected chi connectivity index (χ4v) is 1.76. The van der Waals surface area contributed by atoms with Crippen molar-refractivity contribution in [1.82, 2.24) is 10.6 Å². The molecule has 0 saturated heterocycles. The smallest absolute Gasteiger partial charge is 0.314 e. The molecule has 0 aliphatic heterocycles. The first-order chi connectivity index (χ1) is 9.22. The summed E-state index contributed by atoms with van der Waals surface area (Å²) in [4.78, 5) is 11.5. The average Bonchev–Trinajstić information content (AvgIpc) is 2.40. The van der Waals surface area contributed by atoms with E-state index in [1.54, 1.807) is 0 Å². The summed E-state index contributed by atoms with van der Waals surface area (Å²) in [6.45, 7) is 9.62. The lowest BCUT2D eigenvalue weighted by molar-refractivity contribution is 0.147. The fraction of sp³-hybridized carbons (Fsp3) is 0.933. The van der Waals surface area contributed by atoms with Gasteiger partial charge >= 0.3 is 6.03 Å². The normalized spacial score (nSPS) is 12.3. The highest BCUT2D eigenvalue weighted by Crippen LogP contribution is 2.21. The van der Waals surface area contributed by atoms with Crippen molar-refractivity contribution in [2.75, 3.05) is 26.3 Å². The Kier molecular flexibility index (Phi) is 8.81. The number of nitrogens with one attached hydrogen (secondary N) is 2. The number of amides is 2. The Morgan fingerprint density at radius 1 is 0.850 bits per heavy atom. The van der Waals surface area contributed by atoms with E-state index in [2.05, 4.69) is 10.6 Å². The highest BCUT2D eigenvalue weighted by Gasteiger charge is 2.16. The number of carbonyl (C=O) groups excluding carboxylic acids is 1. The van der Waals surface area contributed by atoms with E-state index < -0.39 is 0 Å². The molecule has 0 rings (SSSR count). The topological polar surface area (TPSA) is 81.6 Å². The van der Waals surface area contributed by atoms with Gasteiger partial charge in [0.25, 0.3) is 0 Å². The van der Waals surface area contributed by atoms with Crippen LogP contribution in [-0.2, 0) is 0 Å². The number of hydrogen-bond acceptors (Lipinski definition) is 3. The van der Waals surface area contributed by atoms with Gasteiger partial charge in [-0.25, -0.2) is 4.79 Å². The molecule has 0 aliphatic rings. The molecule has 0 aliphatic carbocycles. The van der Waals surface area contributed by atoms with Crippen LogP contribution in [0.4, 0.5) is 4.79 Å². The van der Waals surface area contributed by atoms with E-state index in [9.17, 15) is 4.79 Å². The zero-order chi connectivity index (χ0) is 15.6. The van der Waals surface area contributed by atoms with Crippen LogP contribution in [0.2, 0.25) is 0 Å². The maximum absolute atomic E-state index is 11.5. The van der Waals surface area contributed by atoms with E-state index in [1.165, 1.54) is 0 Å². The second-order valence-electron chi connectivity index (χ2n) is 7.03. The van der Waals surface area contributed by atoms with Crippen molar-refractivity contribution in [2.45, 2.75) is 53.4 Å². The molecule has 0 heterocycles. The summed E-state index contributed by atoms with van der Waals surface area (Å²) in [7, 11) is 0. The van der Waals surface area contributed by atoms with Gasteiger partial charge in [0, 0.05) is 26.3 Å².